The van der Waals surface area contributed by atoms with E-state index in [1.54, 1.807) is 0 Å². The molecule has 1 atom stereocenters. The monoisotopic (exact) mass is 401 g/mol. The smallest absolute Gasteiger partial charge is 0.264 e. The van der Waals surface area contributed by atoms with Crippen molar-refractivity contribution in [1.82, 2.24) is 4.72 Å². The van der Waals surface area contributed by atoms with Gasteiger partial charge in [0.05, 0.1) is 28.7 Å². The maximum Gasteiger partial charge on any atom is 0.264 e. The Labute approximate surface area is 147 Å². The van der Waals surface area contributed by atoms with Crippen molar-refractivity contribution in [3.8, 4) is 0 Å². The Bertz CT molecular complexity index is 788. The minimum atomic E-state index is -3.81. The number of hydrogen-bond acceptors (Lipinski definition) is 5. The van der Waals surface area contributed by atoms with Crippen molar-refractivity contribution < 1.29 is 25.4 Å². The third-order valence-corrected chi connectivity index (χ3v) is 6.26. The number of rotatable bonds is 7. The van der Waals surface area contributed by atoms with Crippen molar-refractivity contribution in [2.24, 2.45) is 0 Å². The molecule has 1 rings (SSSR count). The molecule has 0 aliphatic heterocycles. The van der Waals surface area contributed by atoms with Crippen LogP contribution in [0.3, 0.4) is 0 Å². The standard InChI is InChI=1S/C14H21ClFNO5S2/c1-14(2,3)24(20,21)17-12(8-9-22-23(4,18)19)10-6-5-7-11(15)13(10)16/h5-7,12,17H,8-9H2,1-4H3/t12-/m0/s1. The molecule has 0 heterocycles. The second kappa shape index (κ2) is 7.65. The largest absolute Gasteiger partial charge is 0.270 e. The van der Waals surface area contributed by atoms with Gasteiger partial charge in [-0.15, -0.1) is 0 Å². The molecule has 0 saturated carbocycles. The minimum absolute atomic E-state index is 0.0208. The maximum absolute atomic E-state index is 14.3. The van der Waals surface area contributed by atoms with Gasteiger partial charge in [0.25, 0.3) is 10.1 Å². The van der Waals surface area contributed by atoms with E-state index in [1.807, 2.05) is 0 Å². The van der Waals surface area contributed by atoms with E-state index in [2.05, 4.69) is 8.91 Å². The fourth-order valence-electron chi connectivity index (χ4n) is 1.75. The molecule has 0 spiro atoms. The van der Waals surface area contributed by atoms with Gasteiger partial charge in [-0.2, -0.15) is 8.42 Å². The summed E-state index contributed by atoms with van der Waals surface area (Å²) in [6.07, 6.45) is 0.793. The van der Waals surface area contributed by atoms with Crippen LogP contribution in [0.4, 0.5) is 4.39 Å². The summed E-state index contributed by atoms with van der Waals surface area (Å²) in [4.78, 5) is 0. The Balaban J connectivity index is 3.15. The van der Waals surface area contributed by atoms with Gasteiger partial charge in [-0.25, -0.2) is 17.5 Å². The number of sulfonamides is 1. The molecule has 0 radical (unpaired) electrons. The molecule has 6 nitrogen and oxygen atoms in total. The summed E-state index contributed by atoms with van der Waals surface area (Å²) in [5.74, 6) is -0.764. The third kappa shape index (κ3) is 5.96. The fourth-order valence-corrected chi connectivity index (χ4v) is 3.30. The highest BCUT2D eigenvalue weighted by Gasteiger charge is 2.32. The van der Waals surface area contributed by atoms with E-state index in [-0.39, 0.29) is 23.6 Å². The Morgan fingerprint density at radius 3 is 2.33 bits per heavy atom. The van der Waals surface area contributed by atoms with Crippen LogP contribution in [0, 0.1) is 5.82 Å². The molecule has 0 unspecified atom stereocenters. The van der Waals surface area contributed by atoms with E-state index in [1.165, 1.54) is 39.0 Å². The van der Waals surface area contributed by atoms with Gasteiger partial charge in [-0.1, -0.05) is 23.7 Å². The van der Waals surface area contributed by atoms with Crippen LogP contribution in [-0.4, -0.2) is 34.4 Å². The highest BCUT2D eigenvalue weighted by atomic mass is 35.5. The van der Waals surface area contributed by atoms with Crippen LogP contribution in [0.25, 0.3) is 0 Å². The Morgan fingerprint density at radius 1 is 1.25 bits per heavy atom. The lowest BCUT2D eigenvalue weighted by Crippen LogP contribution is -2.41. The second-order valence-electron chi connectivity index (χ2n) is 6.24. The predicted octanol–water partition coefficient (Wildman–Crippen LogP) is 2.60. The first-order valence-electron chi connectivity index (χ1n) is 7.05. The van der Waals surface area contributed by atoms with Crippen molar-refractivity contribution in [1.29, 1.82) is 0 Å². The number of nitrogens with one attached hydrogen (secondary N) is 1. The van der Waals surface area contributed by atoms with Gasteiger partial charge in [0.15, 0.2) is 0 Å². The van der Waals surface area contributed by atoms with E-state index >= 15 is 0 Å². The zero-order valence-electron chi connectivity index (χ0n) is 13.8. The summed E-state index contributed by atoms with van der Waals surface area (Å²) in [7, 11) is -7.49. The summed E-state index contributed by atoms with van der Waals surface area (Å²) in [6, 6.07) is 3.19. The van der Waals surface area contributed by atoms with Crippen LogP contribution in [0.1, 0.15) is 38.8 Å². The van der Waals surface area contributed by atoms with E-state index < -0.39 is 36.7 Å². The first-order valence-corrected chi connectivity index (χ1v) is 10.7. The zero-order valence-corrected chi connectivity index (χ0v) is 16.2. The summed E-state index contributed by atoms with van der Waals surface area (Å²) in [5.41, 5.74) is 0.0208. The molecule has 138 valence electrons. The van der Waals surface area contributed by atoms with Crippen LogP contribution in [0.2, 0.25) is 5.02 Å². The molecule has 0 fully saturated rings. The molecule has 0 aliphatic carbocycles. The van der Waals surface area contributed by atoms with Gasteiger partial charge in [-0.05, 0) is 33.3 Å². The van der Waals surface area contributed by atoms with Crippen LogP contribution in [-0.2, 0) is 24.3 Å². The highest BCUT2D eigenvalue weighted by Crippen LogP contribution is 2.28. The van der Waals surface area contributed by atoms with Gasteiger partial charge in [0.2, 0.25) is 10.0 Å². The number of hydrogen-bond donors (Lipinski definition) is 1. The van der Waals surface area contributed by atoms with Crippen LogP contribution in [0.15, 0.2) is 18.2 Å². The molecule has 1 aromatic carbocycles. The summed E-state index contributed by atoms with van der Waals surface area (Å²) >= 11 is 5.75. The maximum atomic E-state index is 14.3. The van der Waals surface area contributed by atoms with Crippen LogP contribution < -0.4 is 4.72 Å². The SMILES string of the molecule is CC(C)(C)S(=O)(=O)N[C@@H](CCOS(C)(=O)=O)c1cccc(Cl)c1F. The first-order chi connectivity index (χ1) is 10.7. The molecule has 0 aromatic heterocycles. The summed E-state index contributed by atoms with van der Waals surface area (Å²) < 4.78 is 67.0. The van der Waals surface area contributed by atoms with E-state index in [0.29, 0.717) is 0 Å². The average molecular weight is 402 g/mol. The fraction of sp³-hybridized carbons (Fsp3) is 0.571. The van der Waals surface area contributed by atoms with Crippen molar-refractivity contribution >= 4 is 31.7 Å². The first kappa shape index (κ1) is 21.3. The molecular formula is C14H21ClFNO5S2. The van der Waals surface area contributed by atoms with Crippen molar-refractivity contribution in [3.63, 3.8) is 0 Å². The lowest BCUT2D eigenvalue weighted by atomic mass is 10.0. The molecule has 1 N–H and O–H groups in total. The lowest BCUT2D eigenvalue weighted by molar-refractivity contribution is 0.298. The van der Waals surface area contributed by atoms with Crippen LogP contribution in [0.5, 0.6) is 0 Å². The van der Waals surface area contributed by atoms with E-state index in [0.717, 1.165) is 6.26 Å². The Morgan fingerprint density at radius 2 is 1.83 bits per heavy atom. The molecule has 0 amide bonds. The predicted molar refractivity (Wildman–Crippen MR) is 91.4 cm³/mol. The average Bonchev–Trinajstić information content (AvgIpc) is 2.38. The lowest BCUT2D eigenvalue weighted by Gasteiger charge is -2.26. The third-order valence-electron chi connectivity index (χ3n) is 3.16. The minimum Gasteiger partial charge on any atom is -0.270 e. The molecule has 0 bridgehead atoms. The van der Waals surface area contributed by atoms with Gasteiger partial charge < -0.3 is 0 Å². The number of benzene rings is 1. The Kier molecular flexibility index (Phi) is 6.79. The van der Waals surface area contributed by atoms with E-state index in [4.69, 9.17) is 11.6 Å². The Hall–Kier alpha value is -0.740. The van der Waals surface area contributed by atoms with Gasteiger partial charge in [-0.3, -0.25) is 4.18 Å². The van der Waals surface area contributed by atoms with Gasteiger partial charge >= 0.3 is 0 Å². The van der Waals surface area contributed by atoms with Crippen molar-refractivity contribution in [3.05, 3.63) is 34.6 Å². The highest BCUT2D eigenvalue weighted by molar-refractivity contribution is 7.90. The number of halogens is 2. The molecule has 24 heavy (non-hydrogen) atoms. The molecule has 0 aliphatic rings. The zero-order chi connectivity index (χ0) is 18.8. The van der Waals surface area contributed by atoms with Crippen molar-refractivity contribution in [2.45, 2.75) is 38.0 Å². The molecule has 10 heteroatoms. The van der Waals surface area contributed by atoms with Crippen molar-refractivity contribution in [2.75, 3.05) is 12.9 Å². The van der Waals surface area contributed by atoms with Gasteiger partial charge in [0.1, 0.15) is 5.82 Å². The topological polar surface area (TPSA) is 89.5 Å². The van der Waals surface area contributed by atoms with Crippen LogP contribution >= 0.6 is 11.6 Å². The summed E-state index contributed by atoms with van der Waals surface area (Å²) in [6.45, 7) is 4.18. The van der Waals surface area contributed by atoms with E-state index in [9.17, 15) is 21.2 Å². The normalized spacial score (nSPS) is 14.6. The van der Waals surface area contributed by atoms with Gasteiger partial charge in [0, 0.05) is 5.56 Å². The molecular weight excluding hydrogens is 381 g/mol. The second-order valence-corrected chi connectivity index (χ2v) is 10.8. The quantitative estimate of drug-likeness (QED) is 0.709. The summed E-state index contributed by atoms with van der Waals surface area (Å²) in [5, 5.41) is -0.156. The molecule has 1 aromatic rings. The molecule has 0 saturated heterocycles.